The molecule has 0 fully saturated rings. The third-order valence-corrected chi connectivity index (χ3v) is 5.98. The highest BCUT2D eigenvalue weighted by atomic mass is 32.2. The van der Waals surface area contributed by atoms with Gasteiger partial charge in [-0.05, 0) is 29.3 Å². The standard InChI is InChI=1S/C22H20FN3O4S/c1-29-16-8-7-12(9-17(16)30-2)14-10-18(27)24-20-19(14)21(28)26-22(25-20)31-11-13-5-3-4-6-15(13)23/h3-9,14H,10-11H2,1-2H3,(H2,24,25,26,27,28)/t14-/m0/s1. The van der Waals surface area contributed by atoms with E-state index in [1.807, 2.05) is 0 Å². The normalized spacial score (nSPS) is 15.2. The number of H-pyrrole nitrogens is 1. The second-order valence-corrected chi connectivity index (χ2v) is 7.90. The Balaban J connectivity index is 1.67. The third kappa shape index (κ3) is 4.27. The highest BCUT2D eigenvalue weighted by Gasteiger charge is 2.31. The Morgan fingerprint density at radius 2 is 1.90 bits per heavy atom. The molecule has 9 heteroatoms. The molecule has 7 nitrogen and oxygen atoms in total. The summed E-state index contributed by atoms with van der Waals surface area (Å²) in [5.74, 6) is 0.531. The van der Waals surface area contributed by atoms with Crippen molar-refractivity contribution in [3.8, 4) is 11.5 Å². The predicted molar refractivity (Wildman–Crippen MR) is 115 cm³/mol. The van der Waals surface area contributed by atoms with Gasteiger partial charge in [0.2, 0.25) is 5.91 Å². The van der Waals surface area contributed by atoms with Crippen LogP contribution in [0.3, 0.4) is 0 Å². The lowest BCUT2D eigenvalue weighted by Gasteiger charge is -2.25. The SMILES string of the molecule is COc1ccc([C@@H]2CC(=O)Nc3nc(SCc4ccccc4F)[nH]c(=O)c32)cc1OC. The minimum atomic E-state index is -0.481. The summed E-state index contributed by atoms with van der Waals surface area (Å²) >= 11 is 1.19. The second-order valence-electron chi connectivity index (χ2n) is 6.93. The van der Waals surface area contributed by atoms with E-state index in [4.69, 9.17) is 9.47 Å². The van der Waals surface area contributed by atoms with E-state index >= 15 is 0 Å². The first kappa shape index (κ1) is 20.9. The number of methoxy groups -OCH3 is 2. The van der Waals surface area contributed by atoms with Crippen LogP contribution in [0, 0.1) is 5.82 Å². The quantitative estimate of drug-likeness (QED) is 0.448. The number of hydrogen-bond acceptors (Lipinski definition) is 6. The van der Waals surface area contributed by atoms with Crippen LogP contribution in [0.25, 0.3) is 0 Å². The summed E-state index contributed by atoms with van der Waals surface area (Å²) in [4.78, 5) is 32.5. The highest BCUT2D eigenvalue weighted by molar-refractivity contribution is 7.98. The number of thioether (sulfide) groups is 1. The van der Waals surface area contributed by atoms with E-state index < -0.39 is 5.92 Å². The molecule has 4 rings (SSSR count). The van der Waals surface area contributed by atoms with E-state index in [1.165, 1.54) is 32.0 Å². The van der Waals surface area contributed by atoms with Gasteiger partial charge in [-0.1, -0.05) is 36.0 Å². The first-order valence-corrected chi connectivity index (χ1v) is 10.5. The minimum Gasteiger partial charge on any atom is -0.493 e. The average Bonchev–Trinajstić information content (AvgIpc) is 2.77. The topological polar surface area (TPSA) is 93.3 Å². The van der Waals surface area contributed by atoms with Gasteiger partial charge in [0.25, 0.3) is 5.56 Å². The molecule has 0 aliphatic carbocycles. The number of rotatable bonds is 6. The molecular formula is C22H20FN3O4S. The number of benzene rings is 2. The fourth-order valence-electron chi connectivity index (χ4n) is 3.53. The van der Waals surface area contributed by atoms with Gasteiger partial charge in [0.15, 0.2) is 16.7 Å². The van der Waals surface area contributed by atoms with Crippen molar-refractivity contribution in [2.24, 2.45) is 0 Å². The van der Waals surface area contributed by atoms with Crippen molar-refractivity contribution in [3.05, 3.63) is 75.3 Å². The molecular weight excluding hydrogens is 421 g/mol. The van der Waals surface area contributed by atoms with Gasteiger partial charge in [-0.2, -0.15) is 0 Å². The van der Waals surface area contributed by atoms with Crippen molar-refractivity contribution in [1.82, 2.24) is 9.97 Å². The van der Waals surface area contributed by atoms with Gasteiger partial charge in [0.1, 0.15) is 11.6 Å². The number of aromatic amines is 1. The van der Waals surface area contributed by atoms with Crippen molar-refractivity contribution in [3.63, 3.8) is 0 Å². The zero-order chi connectivity index (χ0) is 22.0. The van der Waals surface area contributed by atoms with Crippen LogP contribution in [0.5, 0.6) is 11.5 Å². The molecule has 0 saturated heterocycles. The van der Waals surface area contributed by atoms with Crippen LogP contribution < -0.4 is 20.3 Å². The fourth-order valence-corrected chi connectivity index (χ4v) is 4.38. The van der Waals surface area contributed by atoms with Crippen molar-refractivity contribution < 1.29 is 18.7 Å². The molecule has 1 atom stereocenters. The molecule has 1 aliphatic rings. The van der Waals surface area contributed by atoms with Crippen LogP contribution >= 0.6 is 11.8 Å². The Kier molecular flexibility index (Phi) is 5.94. The molecule has 0 spiro atoms. The van der Waals surface area contributed by atoms with Crippen molar-refractivity contribution in [1.29, 1.82) is 0 Å². The molecule has 160 valence electrons. The van der Waals surface area contributed by atoms with Gasteiger partial charge < -0.3 is 19.8 Å². The average molecular weight is 441 g/mol. The summed E-state index contributed by atoms with van der Waals surface area (Å²) in [5.41, 5.74) is 1.27. The van der Waals surface area contributed by atoms with Gasteiger partial charge in [0, 0.05) is 18.1 Å². The van der Waals surface area contributed by atoms with Gasteiger partial charge in [-0.3, -0.25) is 9.59 Å². The van der Waals surface area contributed by atoms with Crippen LogP contribution in [0.1, 0.15) is 29.0 Å². The fraction of sp³-hybridized carbons (Fsp3) is 0.227. The van der Waals surface area contributed by atoms with E-state index in [0.717, 1.165) is 5.56 Å². The molecule has 0 radical (unpaired) electrons. The number of ether oxygens (including phenoxy) is 2. The maximum atomic E-state index is 13.9. The van der Waals surface area contributed by atoms with Gasteiger partial charge in [-0.15, -0.1) is 0 Å². The number of hydrogen-bond donors (Lipinski definition) is 2. The largest absolute Gasteiger partial charge is 0.493 e. The number of aromatic nitrogens is 2. The van der Waals surface area contributed by atoms with Crippen molar-refractivity contribution >= 4 is 23.5 Å². The molecule has 1 amide bonds. The molecule has 31 heavy (non-hydrogen) atoms. The summed E-state index contributed by atoms with van der Waals surface area (Å²) in [6.45, 7) is 0. The number of anilines is 1. The second kappa shape index (κ2) is 8.81. The number of fused-ring (bicyclic) bond motifs is 1. The maximum absolute atomic E-state index is 13.9. The van der Waals surface area contributed by atoms with E-state index in [1.54, 1.807) is 36.4 Å². The third-order valence-electron chi connectivity index (χ3n) is 5.06. The van der Waals surface area contributed by atoms with Crippen LogP contribution in [-0.2, 0) is 10.5 Å². The first-order chi connectivity index (χ1) is 15.0. The maximum Gasteiger partial charge on any atom is 0.257 e. The number of carbonyl (C=O) groups is 1. The smallest absolute Gasteiger partial charge is 0.257 e. The highest BCUT2D eigenvalue weighted by Crippen LogP contribution is 2.38. The van der Waals surface area contributed by atoms with Gasteiger partial charge in [-0.25, -0.2) is 9.37 Å². The van der Waals surface area contributed by atoms with Crippen LogP contribution in [0.4, 0.5) is 10.2 Å². The molecule has 0 saturated carbocycles. The summed E-state index contributed by atoms with van der Waals surface area (Å²) < 4.78 is 24.5. The molecule has 2 N–H and O–H groups in total. The summed E-state index contributed by atoms with van der Waals surface area (Å²) in [7, 11) is 3.06. The van der Waals surface area contributed by atoms with E-state index in [2.05, 4.69) is 15.3 Å². The minimum absolute atomic E-state index is 0.106. The molecule has 2 aromatic carbocycles. The molecule has 2 heterocycles. The Morgan fingerprint density at radius 1 is 1.13 bits per heavy atom. The lowest BCUT2D eigenvalue weighted by atomic mass is 9.86. The Hall–Kier alpha value is -3.33. The summed E-state index contributed by atoms with van der Waals surface area (Å²) in [6.07, 6.45) is 0.106. The van der Waals surface area contributed by atoms with Gasteiger partial charge in [0.05, 0.1) is 19.8 Å². The molecule has 0 unspecified atom stereocenters. The number of halogens is 1. The van der Waals surface area contributed by atoms with Crippen LogP contribution in [0.2, 0.25) is 0 Å². The Bertz CT molecular complexity index is 1200. The lowest BCUT2D eigenvalue weighted by molar-refractivity contribution is -0.116. The van der Waals surface area contributed by atoms with Crippen molar-refractivity contribution in [2.45, 2.75) is 23.2 Å². The number of amides is 1. The summed E-state index contributed by atoms with van der Waals surface area (Å²) in [6, 6.07) is 11.7. The lowest BCUT2D eigenvalue weighted by Crippen LogP contribution is -2.31. The summed E-state index contributed by atoms with van der Waals surface area (Å²) in [5, 5.41) is 2.99. The Labute approximate surface area is 182 Å². The van der Waals surface area contributed by atoms with Crippen LogP contribution in [-0.4, -0.2) is 30.1 Å². The van der Waals surface area contributed by atoms with Crippen molar-refractivity contribution in [2.75, 3.05) is 19.5 Å². The molecule has 1 aromatic heterocycles. The number of carbonyl (C=O) groups excluding carboxylic acids is 1. The van der Waals surface area contributed by atoms with E-state index in [0.29, 0.717) is 33.5 Å². The van der Waals surface area contributed by atoms with E-state index in [9.17, 15) is 14.0 Å². The zero-order valence-corrected chi connectivity index (χ0v) is 17.7. The van der Waals surface area contributed by atoms with Gasteiger partial charge >= 0.3 is 0 Å². The Morgan fingerprint density at radius 3 is 2.65 bits per heavy atom. The number of nitrogens with one attached hydrogen (secondary N) is 2. The molecule has 1 aliphatic heterocycles. The zero-order valence-electron chi connectivity index (χ0n) is 16.9. The molecule has 0 bridgehead atoms. The number of nitrogens with zero attached hydrogens (tertiary/aromatic N) is 1. The molecule has 3 aromatic rings. The first-order valence-electron chi connectivity index (χ1n) is 9.52. The monoisotopic (exact) mass is 441 g/mol. The van der Waals surface area contributed by atoms with Crippen LogP contribution in [0.15, 0.2) is 52.4 Å². The predicted octanol–water partition coefficient (Wildman–Crippen LogP) is 3.69. The van der Waals surface area contributed by atoms with E-state index in [-0.39, 0.29) is 29.5 Å².